The number of ether oxygens (including phenoxy) is 4. The first-order chi connectivity index (χ1) is 13.9. The van der Waals surface area contributed by atoms with Crippen LogP contribution < -0.4 is 30.0 Å². The highest BCUT2D eigenvalue weighted by Crippen LogP contribution is 2.38. The fraction of sp³-hybridized carbons (Fsp3) is 0.333. The summed E-state index contributed by atoms with van der Waals surface area (Å²) in [6.45, 7) is 4.25. The molecule has 2 rings (SSSR count). The maximum Gasteiger partial charge on any atom is 0.255 e. The Hall–Kier alpha value is -3.42. The van der Waals surface area contributed by atoms with E-state index in [2.05, 4.69) is 5.32 Å². The van der Waals surface area contributed by atoms with Crippen molar-refractivity contribution in [2.75, 3.05) is 34.0 Å². The first-order valence-electron chi connectivity index (χ1n) is 9.01. The molecule has 156 valence electrons. The molecule has 2 aromatic carbocycles. The van der Waals surface area contributed by atoms with E-state index in [1.54, 1.807) is 0 Å². The van der Waals surface area contributed by atoms with Crippen molar-refractivity contribution in [3.63, 3.8) is 0 Å². The minimum Gasteiger partial charge on any atom is -0.493 e. The molecule has 0 aromatic heterocycles. The van der Waals surface area contributed by atoms with Crippen molar-refractivity contribution in [3.8, 4) is 23.0 Å². The number of carbonyl (C=O) groups excluding carboxylic acids is 2. The van der Waals surface area contributed by atoms with Gasteiger partial charge in [0.05, 0.1) is 20.8 Å². The fourth-order valence-corrected chi connectivity index (χ4v) is 2.74. The topological polar surface area (TPSA) is 109 Å². The van der Waals surface area contributed by atoms with Crippen LogP contribution in [0.1, 0.15) is 21.5 Å². The van der Waals surface area contributed by atoms with Gasteiger partial charge in [-0.15, -0.1) is 0 Å². The summed E-state index contributed by atoms with van der Waals surface area (Å²) < 4.78 is 21.6. The van der Waals surface area contributed by atoms with Crippen molar-refractivity contribution < 1.29 is 28.5 Å². The first-order valence-corrected chi connectivity index (χ1v) is 9.01. The van der Waals surface area contributed by atoms with Gasteiger partial charge in [-0.1, -0.05) is 18.2 Å². The van der Waals surface area contributed by atoms with Gasteiger partial charge >= 0.3 is 0 Å². The van der Waals surface area contributed by atoms with Crippen LogP contribution in [0.25, 0.3) is 0 Å². The number of benzene rings is 2. The van der Waals surface area contributed by atoms with E-state index >= 15 is 0 Å². The quantitative estimate of drug-likeness (QED) is 0.588. The molecule has 0 atom stereocenters. The van der Waals surface area contributed by atoms with Gasteiger partial charge < -0.3 is 30.0 Å². The molecule has 2 aromatic rings. The molecule has 0 aliphatic carbocycles. The molecule has 0 saturated heterocycles. The van der Waals surface area contributed by atoms with Gasteiger partial charge in [0, 0.05) is 5.56 Å². The lowest BCUT2D eigenvalue weighted by Gasteiger charge is -2.16. The van der Waals surface area contributed by atoms with Crippen LogP contribution >= 0.6 is 0 Å². The number of para-hydroxylation sites is 1. The van der Waals surface area contributed by atoms with E-state index in [1.807, 2.05) is 32.0 Å². The van der Waals surface area contributed by atoms with E-state index < -0.39 is 5.91 Å². The Kier molecular flexibility index (Phi) is 7.70. The third-order valence-corrected chi connectivity index (χ3v) is 4.12. The lowest BCUT2D eigenvalue weighted by atomic mass is 10.1. The Labute approximate surface area is 169 Å². The Morgan fingerprint density at radius 2 is 1.55 bits per heavy atom. The molecule has 0 radical (unpaired) electrons. The summed E-state index contributed by atoms with van der Waals surface area (Å²) in [4.78, 5) is 23.5. The van der Waals surface area contributed by atoms with Gasteiger partial charge in [0.25, 0.3) is 11.8 Å². The number of rotatable bonds is 10. The Bertz CT molecular complexity index is 836. The van der Waals surface area contributed by atoms with E-state index in [0.717, 1.165) is 16.9 Å². The second kappa shape index (κ2) is 10.2. The molecular formula is C21H26N2O6. The summed E-state index contributed by atoms with van der Waals surface area (Å²) in [7, 11) is 2.85. The van der Waals surface area contributed by atoms with Crippen LogP contribution in [0.5, 0.6) is 23.0 Å². The first kappa shape index (κ1) is 21.9. The van der Waals surface area contributed by atoms with Gasteiger partial charge in [0.2, 0.25) is 5.75 Å². The minimum atomic E-state index is -0.639. The number of hydrogen-bond donors (Lipinski definition) is 2. The van der Waals surface area contributed by atoms with Gasteiger partial charge in [-0.3, -0.25) is 9.59 Å². The van der Waals surface area contributed by atoms with Crippen molar-refractivity contribution in [2.24, 2.45) is 5.73 Å². The molecule has 0 aliphatic rings. The maximum absolute atomic E-state index is 12.5. The number of nitrogens with one attached hydrogen (secondary N) is 1. The van der Waals surface area contributed by atoms with Crippen molar-refractivity contribution >= 4 is 11.8 Å². The van der Waals surface area contributed by atoms with E-state index in [0.29, 0.717) is 18.7 Å². The van der Waals surface area contributed by atoms with Crippen molar-refractivity contribution in [1.82, 2.24) is 5.32 Å². The molecule has 29 heavy (non-hydrogen) atoms. The van der Waals surface area contributed by atoms with E-state index in [-0.39, 0.29) is 29.8 Å². The van der Waals surface area contributed by atoms with Gasteiger partial charge in [-0.25, -0.2) is 0 Å². The summed E-state index contributed by atoms with van der Waals surface area (Å²) in [5.74, 6) is 0.558. The molecule has 3 N–H and O–H groups in total. The zero-order valence-electron chi connectivity index (χ0n) is 17.0. The van der Waals surface area contributed by atoms with Crippen LogP contribution in [0.2, 0.25) is 0 Å². The Morgan fingerprint density at radius 1 is 0.966 bits per heavy atom. The summed E-state index contributed by atoms with van der Waals surface area (Å²) in [6.07, 6.45) is 0. The van der Waals surface area contributed by atoms with Crippen molar-refractivity contribution in [1.29, 1.82) is 0 Å². The van der Waals surface area contributed by atoms with E-state index in [9.17, 15) is 9.59 Å². The molecule has 0 saturated carbocycles. The number of hydrogen-bond acceptors (Lipinski definition) is 6. The number of aryl methyl sites for hydroxylation is 2. The molecular weight excluding hydrogens is 376 g/mol. The monoisotopic (exact) mass is 402 g/mol. The number of primary amides is 1. The second-order valence-electron chi connectivity index (χ2n) is 6.29. The zero-order chi connectivity index (χ0) is 21.4. The molecule has 0 fully saturated rings. The predicted molar refractivity (Wildman–Crippen MR) is 108 cm³/mol. The fourth-order valence-electron chi connectivity index (χ4n) is 2.74. The molecule has 2 amide bonds. The lowest BCUT2D eigenvalue weighted by Crippen LogP contribution is -2.28. The van der Waals surface area contributed by atoms with E-state index in [1.165, 1.54) is 26.4 Å². The average molecular weight is 402 g/mol. The summed E-state index contributed by atoms with van der Waals surface area (Å²) >= 11 is 0. The smallest absolute Gasteiger partial charge is 0.255 e. The molecule has 8 heteroatoms. The van der Waals surface area contributed by atoms with Crippen LogP contribution in [-0.2, 0) is 4.79 Å². The van der Waals surface area contributed by atoms with Crippen LogP contribution in [0.4, 0.5) is 0 Å². The highest BCUT2D eigenvalue weighted by Gasteiger charge is 2.18. The summed E-state index contributed by atoms with van der Waals surface area (Å²) in [5.41, 5.74) is 7.50. The molecule has 0 unspecified atom stereocenters. The Morgan fingerprint density at radius 3 is 2.07 bits per heavy atom. The average Bonchev–Trinajstić information content (AvgIpc) is 2.70. The number of amides is 2. The SMILES string of the molecule is COc1cc(C(=O)NCCOc2c(C)cccc2C)cc(OC)c1OCC(N)=O. The van der Waals surface area contributed by atoms with Crippen LogP contribution in [-0.4, -0.2) is 45.8 Å². The standard InChI is InChI=1S/C21H26N2O6/c1-13-6-5-7-14(2)19(13)28-9-8-23-21(25)15-10-16(26-3)20(17(11-15)27-4)29-12-18(22)24/h5-7,10-11H,8-9,12H2,1-4H3,(H2,22,24)(H,23,25). The van der Waals surface area contributed by atoms with Crippen molar-refractivity contribution in [3.05, 3.63) is 47.0 Å². The minimum absolute atomic E-state index is 0.198. The van der Waals surface area contributed by atoms with Gasteiger partial charge in [0.15, 0.2) is 18.1 Å². The Balaban J connectivity index is 2.03. The van der Waals surface area contributed by atoms with Gasteiger partial charge in [-0.2, -0.15) is 0 Å². The molecule has 0 spiro atoms. The van der Waals surface area contributed by atoms with Crippen LogP contribution in [0, 0.1) is 13.8 Å². The third kappa shape index (κ3) is 5.78. The maximum atomic E-state index is 12.5. The van der Waals surface area contributed by atoms with Gasteiger partial charge in [0.1, 0.15) is 12.4 Å². The second-order valence-corrected chi connectivity index (χ2v) is 6.29. The highest BCUT2D eigenvalue weighted by molar-refractivity contribution is 5.95. The molecule has 8 nitrogen and oxygen atoms in total. The van der Waals surface area contributed by atoms with Crippen LogP contribution in [0.3, 0.4) is 0 Å². The van der Waals surface area contributed by atoms with Crippen molar-refractivity contribution in [2.45, 2.75) is 13.8 Å². The van der Waals surface area contributed by atoms with E-state index in [4.69, 9.17) is 24.7 Å². The predicted octanol–water partition coefficient (Wildman–Crippen LogP) is 1.99. The lowest BCUT2D eigenvalue weighted by molar-refractivity contribution is -0.120. The van der Waals surface area contributed by atoms with Gasteiger partial charge in [-0.05, 0) is 37.1 Å². The number of methoxy groups -OCH3 is 2. The van der Waals surface area contributed by atoms with Crippen LogP contribution in [0.15, 0.2) is 30.3 Å². The zero-order valence-corrected chi connectivity index (χ0v) is 17.0. The number of carbonyl (C=O) groups is 2. The molecule has 0 aliphatic heterocycles. The summed E-state index contributed by atoms with van der Waals surface area (Å²) in [5, 5.41) is 2.79. The summed E-state index contributed by atoms with van der Waals surface area (Å²) in [6, 6.07) is 8.92. The normalized spacial score (nSPS) is 10.2. The highest BCUT2D eigenvalue weighted by atomic mass is 16.5. The number of nitrogens with two attached hydrogens (primary N) is 1. The molecule has 0 bridgehead atoms. The third-order valence-electron chi connectivity index (χ3n) is 4.12. The molecule has 0 heterocycles. The largest absolute Gasteiger partial charge is 0.493 e.